The second-order valence-corrected chi connectivity index (χ2v) is 3.90. The largest absolute Gasteiger partial charge is 0.476 e. The van der Waals surface area contributed by atoms with Crippen molar-refractivity contribution in [1.82, 2.24) is 10.3 Å². The first-order valence-electron chi connectivity index (χ1n) is 4.58. The van der Waals surface area contributed by atoms with Crippen LogP contribution >= 0.6 is 11.3 Å². The lowest BCUT2D eigenvalue weighted by Crippen LogP contribution is -2.25. The van der Waals surface area contributed by atoms with E-state index in [0.29, 0.717) is 11.6 Å². The maximum atomic E-state index is 11.3. The molecule has 0 aliphatic rings. The molecule has 0 fully saturated rings. The van der Waals surface area contributed by atoms with Crippen LogP contribution in [-0.2, 0) is 11.2 Å². The van der Waals surface area contributed by atoms with Crippen LogP contribution in [0, 0.1) is 0 Å². The lowest BCUT2D eigenvalue weighted by molar-refractivity contribution is -0.120. The molecule has 1 amide bonds. The SMILES string of the molecule is CCCNC(=O)Cc1nc(C(=O)O)cs1. The number of carbonyl (C=O) groups excluding carboxylic acids is 1. The number of hydrogen-bond acceptors (Lipinski definition) is 4. The Bertz CT molecular complexity index is 362. The highest BCUT2D eigenvalue weighted by molar-refractivity contribution is 7.09. The van der Waals surface area contributed by atoms with Crippen LogP contribution in [0.2, 0.25) is 0 Å². The fourth-order valence-corrected chi connectivity index (χ4v) is 1.72. The molecule has 0 saturated heterocycles. The summed E-state index contributed by atoms with van der Waals surface area (Å²) in [4.78, 5) is 25.6. The molecule has 0 atom stereocenters. The summed E-state index contributed by atoms with van der Waals surface area (Å²) in [6.45, 7) is 2.60. The fraction of sp³-hybridized carbons (Fsp3) is 0.444. The minimum Gasteiger partial charge on any atom is -0.476 e. The van der Waals surface area contributed by atoms with Gasteiger partial charge in [-0.2, -0.15) is 0 Å². The third kappa shape index (κ3) is 3.67. The Balaban J connectivity index is 2.50. The number of nitrogens with one attached hydrogen (secondary N) is 1. The predicted molar refractivity (Wildman–Crippen MR) is 56.1 cm³/mol. The molecule has 0 aromatic carbocycles. The van der Waals surface area contributed by atoms with Gasteiger partial charge in [0.15, 0.2) is 5.69 Å². The van der Waals surface area contributed by atoms with Gasteiger partial charge in [-0.25, -0.2) is 9.78 Å². The predicted octanol–water partition coefficient (Wildman–Crippen LogP) is 0.910. The Hall–Kier alpha value is -1.43. The monoisotopic (exact) mass is 228 g/mol. The van der Waals surface area contributed by atoms with E-state index in [2.05, 4.69) is 10.3 Å². The van der Waals surface area contributed by atoms with E-state index in [-0.39, 0.29) is 18.0 Å². The first-order valence-corrected chi connectivity index (χ1v) is 5.45. The molecule has 15 heavy (non-hydrogen) atoms. The number of aromatic nitrogens is 1. The van der Waals surface area contributed by atoms with Gasteiger partial charge < -0.3 is 10.4 Å². The topological polar surface area (TPSA) is 79.3 Å². The molecule has 0 bridgehead atoms. The maximum Gasteiger partial charge on any atom is 0.355 e. The number of thiazole rings is 1. The number of nitrogens with zero attached hydrogens (tertiary/aromatic N) is 1. The molecule has 5 nitrogen and oxygen atoms in total. The molecule has 2 N–H and O–H groups in total. The Morgan fingerprint density at radius 1 is 1.60 bits per heavy atom. The average Bonchev–Trinajstić information content (AvgIpc) is 2.63. The van der Waals surface area contributed by atoms with E-state index in [1.807, 2.05) is 6.92 Å². The minimum atomic E-state index is -1.06. The van der Waals surface area contributed by atoms with Gasteiger partial charge in [-0.05, 0) is 6.42 Å². The third-order valence-electron chi connectivity index (χ3n) is 1.65. The summed E-state index contributed by atoms with van der Waals surface area (Å²) in [6.07, 6.45) is 1.03. The van der Waals surface area contributed by atoms with Crippen LogP contribution in [-0.4, -0.2) is 28.5 Å². The molecular weight excluding hydrogens is 216 g/mol. The normalized spacial score (nSPS) is 9.93. The molecule has 1 heterocycles. The highest BCUT2D eigenvalue weighted by Crippen LogP contribution is 2.10. The Labute approximate surface area is 91.1 Å². The van der Waals surface area contributed by atoms with Gasteiger partial charge in [-0.3, -0.25) is 4.79 Å². The minimum absolute atomic E-state index is 0.00158. The van der Waals surface area contributed by atoms with Gasteiger partial charge >= 0.3 is 5.97 Å². The number of hydrogen-bond donors (Lipinski definition) is 2. The quantitative estimate of drug-likeness (QED) is 0.785. The molecule has 6 heteroatoms. The van der Waals surface area contributed by atoms with Gasteiger partial charge in [-0.1, -0.05) is 6.92 Å². The smallest absolute Gasteiger partial charge is 0.355 e. The van der Waals surface area contributed by atoms with Gasteiger partial charge in [0.2, 0.25) is 5.91 Å². The summed E-state index contributed by atoms with van der Waals surface area (Å²) in [5.74, 6) is -1.19. The molecule has 0 spiro atoms. The summed E-state index contributed by atoms with van der Waals surface area (Å²) in [5.41, 5.74) is -0.00158. The zero-order valence-electron chi connectivity index (χ0n) is 8.32. The third-order valence-corrected chi connectivity index (χ3v) is 2.50. The van der Waals surface area contributed by atoms with Crippen molar-refractivity contribution in [3.8, 4) is 0 Å². The van der Waals surface area contributed by atoms with Crippen molar-refractivity contribution in [3.05, 3.63) is 16.1 Å². The van der Waals surface area contributed by atoms with Crippen LogP contribution in [0.1, 0.15) is 28.8 Å². The first-order chi connectivity index (χ1) is 7.13. The van der Waals surface area contributed by atoms with Crippen molar-refractivity contribution in [3.63, 3.8) is 0 Å². The Morgan fingerprint density at radius 2 is 2.33 bits per heavy atom. The van der Waals surface area contributed by atoms with Crippen LogP contribution in [0.15, 0.2) is 5.38 Å². The van der Waals surface area contributed by atoms with E-state index in [4.69, 9.17) is 5.11 Å². The highest BCUT2D eigenvalue weighted by Gasteiger charge is 2.11. The van der Waals surface area contributed by atoms with Gasteiger partial charge in [0.1, 0.15) is 5.01 Å². The number of amides is 1. The van der Waals surface area contributed by atoms with Crippen molar-refractivity contribution in [1.29, 1.82) is 0 Å². The lowest BCUT2D eigenvalue weighted by atomic mass is 10.4. The standard InChI is InChI=1S/C9H12N2O3S/c1-2-3-10-7(12)4-8-11-6(5-15-8)9(13)14/h5H,2-4H2,1H3,(H,10,12)(H,13,14). The second kappa shape index (κ2) is 5.45. The van der Waals surface area contributed by atoms with E-state index < -0.39 is 5.97 Å². The molecule has 0 aliphatic heterocycles. The van der Waals surface area contributed by atoms with Crippen LogP contribution in [0.4, 0.5) is 0 Å². The number of carboxylic acid groups (broad SMARTS) is 1. The van der Waals surface area contributed by atoms with Crippen molar-refractivity contribution >= 4 is 23.2 Å². The van der Waals surface area contributed by atoms with Gasteiger partial charge in [0, 0.05) is 11.9 Å². The summed E-state index contributed by atoms with van der Waals surface area (Å²) >= 11 is 1.19. The van der Waals surface area contributed by atoms with Crippen molar-refractivity contribution in [2.45, 2.75) is 19.8 Å². The molecule has 1 rings (SSSR count). The van der Waals surface area contributed by atoms with Gasteiger partial charge in [0.25, 0.3) is 0 Å². The van der Waals surface area contributed by atoms with E-state index in [9.17, 15) is 9.59 Å². The molecule has 0 radical (unpaired) electrons. The first kappa shape index (κ1) is 11.6. The average molecular weight is 228 g/mol. The van der Waals surface area contributed by atoms with Crippen LogP contribution in [0.5, 0.6) is 0 Å². The van der Waals surface area contributed by atoms with E-state index in [0.717, 1.165) is 6.42 Å². The molecule has 82 valence electrons. The molecule has 0 unspecified atom stereocenters. The lowest BCUT2D eigenvalue weighted by Gasteiger charge is -1.99. The molecular formula is C9H12N2O3S. The Kier molecular flexibility index (Phi) is 4.23. The van der Waals surface area contributed by atoms with Crippen LogP contribution < -0.4 is 5.32 Å². The number of aromatic carboxylic acids is 1. The van der Waals surface area contributed by atoms with Crippen molar-refractivity contribution < 1.29 is 14.7 Å². The number of rotatable bonds is 5. The molecule has 1 aromatic rings. The summed E-state index contributed by atoms with van der Waals surface area (Å²) in [6, 6.07) is 0. The zero-order valence-corrected chi connectivity index (χ0v) is 9.13. The summed E-state index contributed by atoms with van der Waals surface area (Å²) < 4.78 is 0. The van der Waals surface area contributed by atoms with Crippen LogP contribution in [0.3, 0.4) is 0 Å². The van der Waals surface area contributed by atoms with Crippen molar-refractivity contribution in [2.75, 3.05) is 6.54 Å². The van der Waals surface area contributed by atoms with Gasteiger partial charge in [-0.15, -0.1) is 11.3 Å². The summed E-state index contributed by atoms with van der Waals surface area (Å²) in [5, 5.41) is 13.3. The van der Waals surface area contributed by atoms with Crippen LogP contribution in [0.25, 0.3) is 0 Å². The second-order valence-electron chi connectivity index (χ2n) is 2.96. The number of carbonyl (C=O) groups is 2. The fourth-order valence-electron chi connectivity index (χ4n) is 0.955. The molecule has 0 aliphatic carbocycles. The van der Waals surface area contributed by atoms with Gasteiger partial charge in [0.05, 0.1) is 6.42 Å². The number of carboxylic acids is 1. The molecule has 0 saturated carbocycles. The van der Waals surface area contributed by atoms with Crippen molar-refractivity contribution in [2.24, 2.45) is 0 Å². The maximum absolute atomic E-state index is 11.3. The zero-order chi connectivity index (χ0) is 11.3. The molecule has 1 aromatic heterocycles. The van der Waals surface area contributed by atoms with E-state index in [1.165, 1.54) is 16.7 Å². The van der Waals surface area contributed by atoms with E-state index in [1.54, 1.807) is 0 Å². The highest BCUT2D eigenvalue weighted by atomic mass is 32.1. The van der Waals surface area contributed by atoms with E-state index >= 15 is 0 Å². The Morgan fingerprint density at radius 3 is 2.87 bits per heavy atom. The summed E-state index contributed by atoms with van der Waals surface area (Å²) in [7, 11) is 0.